The van der Waals surface area contributed by atoms with E-state index in [4.69, 9.17) is 10.5 Å². The van der Waals surface area contributed by atoms with Crippen molar-refractivity contribution in [1.82, 2.24) is 0 Å². The summed E-state index contributed by atoms with van der Waals surface area (Å²) < 4.78 is 5.14. The Balaban J connectivity index is 2.09. The first-order valence-electron chi connectivity index (χ1n) is 5.81. The van der Waals surface area contributed by atoms with E-state index in [-0.39, 0.29) is 0 Å². The first-order valence-corrected chi connectivity index (χ1v) is 6.80. The quantitative estimate of drug-likeness (QED) is 0.668. The third-order valence-electron chi connectivity index (χ3n) is 2.86. The zero-order valence-corrected chi connectivity index (χ0v) is 11.5. The molecule has 2 aromatic carbocycles. The molecule has 0 amide bonds. The fourth-order valence-corrected chi connectivity index (χ4v) is 2.74. The fourth-order valence-electron chi connectivity index (χ4n) is 1.71. The first-order chi connectivity index (χ1) is 8.70. The largest absolute Gasteiger partial charge is 0.497 e. The summed E-state index contributed by atoms with van der Waals surface area (Å²) >= 11 is 1.75. The van der Waals surface area contributed by atoms with Gasteiger partial charge in [-0.1, -0.05) is 24.3 Å². The Hall–Kier alpha value is -1.61. The molecule has 0 aromatic heterocycles. The highest BCUT2D eigenvalue weighted by Crippen LogP contribution is 2.31. The molecule has 2 nitrogen and oxygen atoms in total. The molecular weight excluding hydrogens is 242 g/mol. The van der Waals surface area contributed by atoms with Gasteiger partial charge in [0.2, 0.25) is 0 Å². The Morgan fingerprint density at radius 1 is 1.17 bits per heavy atom. The van der Waals surface area contributed by atoms with E-state index in [1.54, 1.807) is 18.9 Å². The van der Waals surface area contributed by atoms with Gasteiger partial charge in [-0.3, -0.25) is 0 Å². The molecular formula is C15H17NOS. The highest BCUT2D eigenvalue weighted by Gasteiger charge is 2.04. The van der Waals surface area contributed by atoms with Crippen molar-refractivity contribution < 1.29 is 4.74 Å². The van der Waals surface area contributed by atoms with Gasteiger partial charge in [-0.15, -0.1) is 11.8 Å². The van der Waals surface area contributed by atoms with Crippen LogP contribution in [0.5, 0.6) is 5.75 Å². The maximum atomic E-state index is 6.00. The van der Waals surface area contributed by atoms with Crippen molar-refractivity contribution in [1.29, 1.82) is 0 Å². The predicted molar refractivity (Wildman–Crippen MR) is 78.1 cm³/mol. The molecule has 0 atom stereocenters. The average molecular weight is 259 g/mol. The van der Waals surface area contributed by atoms with Gasteiger partial charge in [0.25, 0.3) is 0 Å². The smallest absolute Gasteiger partial charge is 0.120 e. The number of ether oxygens (including phenoxy) is 1. The van der Waals surface area contributed by atoms with E-state index in [2.05, 4.69) is 31.2 Å². The Labute approximate surface area is 112 Å². The molecule has 3 heteroatoms. The number of anilines is 1. The van der Waals surface area contributed by atoms with Gasteiger partial charge in [-0.05, 0) is 30.2 Å². The monoisotopic (exact) mass is 259 g/mol. The van der Waals surface area contributed by atoms with Gasteiger partial charge in [0.05, 0.1) is 7.11 Å². The lowest BCUT2D eigenvalue weighted by Gasteiger charge is -2.09. The second-order valence-corrected chi connectivity index (χ2v) is 5.14. The molecule has 0 spiro atoms. The number of hydrogen-bond acceptors (Lipinski definition) is 3. The number of hydrogen-bond donors (Lipinski definition) is 1. The maximum Gasteiger partial charge on any atom is 0.120 e. The SMILES string of the molecule is COc1ccc(SCc2ccccc2C)c(N)c1. The Bertz CT molecular complexity index is 540. The molecule has 0 heterocycles. The zero-order valence-electron chi connectivity index (χ0n) is 10.6. The van der Waals surface area contributed by atoms with E-state index in [1.165, 1.54) is 11.1 Å². The predicted octanol–water partition coefficient (Wildman–Crippen LogP) is 3.88. The van der Waals surface area contributed by atoms with Crippen LogP contribution in [0.4, 0.5) is 5.69 Å². The van der Waals surface area contributed by atoms with Gasteiger partial charge in [0.1, 0.15) is 5.75 Å². The molecule has 18 heavy (non-hydrogen) atoms. The average Bonchev–Trinajstić information content (AvgIpc) is 2.39. The standard InChI is InChI=1S/C15H17NOS/c1-11-5-3-4-6-12(11)10-18-15-8-7-13(17-2)9-14(15)16/h3-9H,10,16H2,1-2H3. The van der Waals surface area contributed by atoms with Crippen molar-refractivity contribution in [3.8, 4) is 5.75 Å². The number of thioether (sulfide) groups is 1. The first kappa shape index (κ1) is 12.8. The lowest BCUT2D eigenvalue weighted by molar-refractivity contribution is 0.415. The molecule has 2 aromatic rings. The minimum absolute atomic E-state index is 0.771. The van der Waals surface area contributed by atoms with Crippen LogP contribution in [0.15, 0.2) is 47.4 Å². The highest BCUT2D eigenvalue weighted by molar-refractivity contribution is 7.98. The van der Waals surface area contributed by atoms with Crippen LogP contribution in [0.2, 0.25) is 0 Å². The van der Waals surface area contributed by atoms with E-state index in [0.29, 0.717) is 0 Å². The molecule has 2 N–H and O–H groups in total. The molecule has 94 valence electrons. The van der Waals surface area contributed by atoms with E-state index in [0.717, 1.165) is 22.1 Å². The van der Waals surface area contributed by atoms with Crippen molar-refractivity contribution in [2.24, 2.45) is 0 Å². The van der Waals surface area contributed by atoms with E-state index >= 15 is 0 Å². The lowest BCUT2D eigenvalue weighted by Crippen LogP contribution is -1.92. The Morgan fingerprint density at radius 3 is 2.61 bits per heavy atom. The zero-order chi connectivity index (χ0) is 13.0. The van der Waals surface area contributed by atoms with Gasteiger partial charge in [0, 0.05) is 22.4 Å². The summed E-state index contributed by atoms with van der Waals surface area (Å²) in [4.78, 5) is 1.10. The molecule has 0 unspecified atom stereocenters. The van der Waals surface area contributed by atoms with Crippen LogP contribution < -0.4 is 10.5 Å². The molecule has 0 aliphatic heterocycles. The molecule has 0 aliphatic rings. The number of aryl methyl sites for hydroxylation is 1. The molecule has 0 fully saturated rings. The summed E-state index contributed by atoms with van der Waals surface area (Å²) in [7, 11) is 1.65. The van der Waals surface area contributed by atoms with Crippen LogP contribution in [-0.2, 0) is 5.75 Å². The second-order valence-electron chi connectivity index (χ2n) is 4.12. The maximum absolute atomic E-state index is 6.00. The molecule has 0 aliphatic carbocycles. The number of rotatable bonds is 4. The normalized spacial score (nSPS) is 10.3. The highest BCUT2D eigenvalue weighted by atomic mass is 32.2. The summed E-state index contributed by atoms with van der Waals surface area (Å²) in [6.45, 7) is 2.13. The van der Waals surface area contributed by atoms with Crippen LogP contribution in [-0.4, -0.2) is 7.11 Å². The summed E-state index contributed by atoms with van der Waals surface area (Å²) in [5.74, 6) is 1.73. The van der Waals surface area contributed by atoms with Crippen molar-refractivity contribution >= 4 is 17.4 Å². The molecule has 0 saturated carbocycles. The van der Waals surface area contributed by atoms with Crippen LogP contribution in [0, 0.1) is 6.92 Å². The van der Waals surface area contributed by atoms with Crippen molar-refractivity contribution in [2.45, 2.75) is 17.6 Å². The minimum Gasteiger partial charge on any atom is -0.497 e. The number of benzene rings is 2. The second kappa shape index (κ2) is 5.83. The summed E-state index contributed by atoms with van der Waals surface area (Å²) in [6, 6.07) is 14.2. The van der Waals surface area contributed by atoms with Gasteiger partial charge < -0.3 is 10.5 Å². The number of nitrogens with two attached hydrogens (primary N) is 1. The fraction of sp³-hybridized carbons (Fsp3) is 0.200. The summed E-state index contributed by atoms with van der Waals surface area (Å²) in [5.41, 5.74) is 9.43. The molecule has 0 bridgehead atoms. The molecule has 0 radical (unpaired) electrons. The topological polar surface area (TPSA) is 35.2 Å². The summed E-state index contributed by atoms with van der Waals surface area (Å²) in [6.07, 6.45) is 0. The Kier molecular flexibility index (Phi) is 4.15. The number of nitrogen functional groups attached to an aromatic ring is 1. The van der Waals surface area contributed by atoms with Gasteiger partial charge in [-0.25, -0.2) is 0 Å². The molecule has 0 saturated heterocycles. The van der Waals surface area contributed by atoms with Crippen LogP contribution >= 0.6 is 11.8 Å². The van der Waals surface area contributed by atoms with Crippen molar-refractivity contribution in [3.63, 3.8) is 0 Å². The van der Waals surface area contributed by atoms with E-state index in [9.17, 15) is 0 Å². The molecule has 2 rings (SSSR count). The van der Waals surface area contributed by atoms with Crippen molar-refractivity contribution in [3.05, 3.63) is 53.6 Å². The third-order valence-corrected chi connectivity index (χ3v) is 4.00. The third kappa shape index (κ3) is 2.99. The number of methoxy groups -OCH3 is 1. The van der Waals surface area contributed by atoms with Crippen LogP contribution in [0.3, 0.4) is 0 Å². The van der Waals surface area contributed by atoms with E-state index < -0.39 is 0 Å². The van der Waals surface area contributed by atoms with Gasteiger partial charge >= 0.3 is 0 Å². The van der Waals surface area contributed by atoms with Crippen molar-refractivity contribution in [2.75, 3.05) is 12.8 Å². The van der Waals surface area contributed by atoms with Crippen LogP contribution in [0.1, 0.15) is 11.1 Å². The summed E-state index contributed by atoms with van der Waals surface area (Å²) in [5, 5.41) is 0. The van der Waals surface area contributed by atoms with Gasteiger partial charge in [-0.2, -0.15) is 0 Å². The van der Waals surface area contributed by atoms with Gasteiger partial charge in [0.15, 0.2) is 0 Å². The lowest BCUT2D eigenvalue weighted by atomic mass is 10.1. The minimum atomic E-state index is 0.771. The van der Waals surface area contributed by atoms with Crippen LogP contribution in [0.25, 0.3) is 0 Å². The Morgan fingerprint density at radius 2 is 1.94 bits per heavy atom. The van der Waals surface area contributed by atoms with E-state index in [1.807, 2.05) is 18.2 Å².